The van der Waals surface area contributed by atoms with Crippen LogP contribution in [0.1, 0.15) is 23.2 Å². The molecule has 3 fully saturated rings. The number of aromatic nitrogens is 3. The number of carbonyl (C=O) groups is 3. The molecule has 0 aliphatic carbocycles. The van der Waals surface area contributed by atoms with E-state index in [0.717, 1.165) is 11.1 Å². The largest absolute Gasteiger partial charge is 0.339 e. The van der Waals surface area contributed by atoms with Gasteiger partial charge in [-0.15, -0.1) is 0 Å². The van der Waals surface area contributed by atoms with Crippen LogP contribution in [-0.2, 0) is 9.59 Å². The minimum absolute atomic E-state index is 0.0673. The number of para-hydroxylation sites is 1. The lowest BCUT2D eigenvalue weighted by molar-refractivity contribution is -0.140. The number of nitrogens with zero attached hydrogens (tertiary/aromatic N) is 6. The van der Waals surface area contributed by atoms with Crippen molar-refractivity contribution in [2.45, 2.75) is 18.4 Å². The van der Waals surface area contributed by atoms with Crippen LogP contribution < -0.4 is 4.90 Å². The number of pyridine rings is 1. The highest BCUT2D eigenvalue weighted by Gasteiger charge is 2.54. The Bertz CT molecular complexity index is 1400. The number of aromatic amines is 1. The molecule has 6 rings (SSSR count). The Morgan fingerprint density at radius 2 is 1.72 bits per heavy atom. The molecule has 3 saturated heterocycles. The first-order valence-corrected chi connectivity index (χ1v) is 14.9. The van der Waals surface area contributed by atoms with E-state index in [1.807, 2.05) is 30.3 Å². The SMILES string of the molecule is O=C(CN1CN(c2ccccc2)C2(CCN(C(=O)c3cnc4[nH]ncc4c3)CC2)C1=O)N1CCS(O)(O)CC1. The van der Waals surface area contributed by atoms with Crippen LogP contribution in [0.3, 0.4) is 0 Å². The van der Waals surface area contributed by atoms with Crippen LogP contribution >= 0.6 is 10.6 Å². The van der Waals surface area contributed by atoms with Crippen molar-refractivity contribution in [1.29, 1.82) is 0 Å². The number of H-pyrrole nitrogens is 1. The highest BCUT2D eigenvalue weighted by Crippen LogP contribution is 2.41. The lowest BCUT2D eigenvalue weighted by atomic mass is 9.85. The predicted octanol–water partition coefficient (Wildman–Crippen LogP) is 1.83. The first-order chi connectivity index (χ1) is 18.8. The second-order valence-corrected chi connectivity index (χ2v) is 12.8. The maximum absolute atomic E-state index is 14.0. The normalized spacial score (nSPS) is 21.5. The number of benzene rings is 1. The second kappa shape index (κ2) is 9.81. The molecule has 206 valence electrons. The van der Waals surface area contributed by atoms with Gasteiger partial charge in [-0.2, -0.15) is 15.7 Å². The molecule has 0 bridgehead atoms. The molecule has 3 aliphatic heterocycles. The van der Waals surface area contributed by atoms with Gasteiger partial charge in [0.2, 0.25) is 5.91 Å². The summed E-state index contributed by atoms with van der Waals surface area (Å²) in [5, 5.41) is 7.51. The molecular weight excluding hydrogens is 522 g/mol. The third-order valence-electron chi connectivity index (χ3n) is 8.05. The number of piperidine rings is 1. The van der Waals surface area contributed by atoms with Crippen molar-refractivity contribution in [2.75, 3.05) is 55.8 Å². The summed E-state index contributed by atoms with van der Waals surface area (Å²) in [5.74, 6) is -0.118. The van der Waals surface area contributed by atoms with Gasteiger partial charge in [-0.25, -0.2) is 4.98 Å². The summed E-state index contributed by atoms with van der Waals surface area (Å²) in [6.07, 6.45) is 4.04. The molecule has 0 atom stereocenters. The van der Waals surface area contributed by atoms with Crippen LogP contribution in [0.4, 0.5) is 5.69 Å². The average Bonchev–Trinajstić information content (AvgIpc) is 3.52. The van der Waals surface area contributed by atoms with Gasteiger partial charge in [0.25, 0.3) is 11.8 Å². The van der Waals surface area contributed by atoms with Gasteiger partial charge in [-0.3, -0.25) is 28.6 Å². The smallest absolute Gasteiger partial charge is 0.255 e. The summed E-state index contributed by atoms with van der Waals surface area (Å²) in [5.41, 5.74) is 1.12. The Hall–Kier alpha value is -3.68. The van der Waals surface area contributed by atoms with Crippen molar-refractivity contribution in [3.63, 3.8) is 0 Å². The summed E-state index contributed by atoms with van der Waals surface area (Å²) in [7, 11) is -2.62. The van der Waals surface area contributed by atoms with Gasteiger partial charge in [0.1, 0.15) is 12.1 Å². The number of hydrogen-bond donors (Lipinski definition) is 3. The summed E-state index contributed by atoms with van der Waals surface area (Å²) in [6, 6.07) is 11.4. The van der Waals surface area contributed by atoms with Crippen LogP contribution in [0.25, 0.3) is 11.0 Å². The lowest BCUT2D eigenvalue weighted by Gasteiger charge is -2.43. The first kappa shape index (κ1) is 25.6. The van der Waals surface area contributed by atoms with Gasteiger partial charge < -0.3 is 19.6 Å². The number of amides is 3. The van der Waals surface area contributed by atoms with Gasteiger partial charge in [0.05, 0.1) is 29.9 Å². The van der Waals surface area contributed by atoms with Gasteiger partial charge in [0.15, 0.2) is 5.65 Å². The van der Waals surface area contributed by atoms with Gasteiger partial charge in [0, 0.05) is 43.4 Å². The third kappa shape index (κ3) is 4.70. The van der Waals surface area contributed by atoms with Crippen LogP contribution in [0.5, 0.6) is 0 Å². The van der Waals surface area contributed by atoms with E-state index in [0.29, 0.717) is 37.1 Å². The summed E-state index contributed by atoms with van der Waals surface area (Å²) in [6.45, 7) is 1.53. The molecule has 3 amide bonds. The molecule has 3 aromatic rings. The van der Waals surface area contributed by atoms with E-state index < -0.39 is 16.1 Å². The molecule has 5 heterocycles. The number of rotatable bonds is 4. The minimum Gasteiger partial charge on any atom is -0.339 e. The fourth-order valence-corrected chi connectivity index (χ4v) is 7.01. The maximum atomic E-state index is 14.0. The van der Waals surface area contributed by atoms with E-state index >= 15 is 0 Å². The number of nitrogens with one attached hydrogen (secondary N) is 1. The number of anilines is 1. The topological polar surface area (TPSA) is 146 Å². The number of hydrogen-bond acceptors (Lipinski definition) is 8. The Labute approximate surface area is 226 Å². The number of carbonyl (C=O) groups excluding carboxylic acids is 3. The van der Waals surface area contributed by atoms with Crippen molar-refractivity contribution >= 4 is 45.0 Å². The Morgan fingerprint density at radius 1 is 1.00 bits per heavy atom. The van der Waals surface area contributed by atoms with Crippen molar-refractivity contribution in [2.24, 2.45) is 0 Å². The average molecular weight is 554 g/mol. The van der Waals surface area contributed by atoms with E-state index in [2.05, 4.69) is 20.1 Å². The van der Waals surface area contributed by atoms with Crippen LogP contribution in [0.15, 0.2) is 48.8 Å². The molecule has 2 aromatic heterocycles. The summed E-state index contributed by atoms with van der Waals surface area (Å²) < 4.78 is 19.8. The van der Waals surface area contributed by atoms with Gasteiger partial charge in [-0.1, -0.05) is 18.2 Å². The maximum Gasteiger partial charge on any atom is 0.255 e. The van der Waals surface area contributed by atoms with Gasteiger partial charge >= 0.3 is 0 Å². The summed E-state index contributed by atoms with van der Waals surface area (Å²) in [4.78, 5) is 51.6. The highest BCUT2D eigenvalue weighted by molar-refractivity contribution is 8.24. The molecule has 0 radical (unpaired) electrons. The highest BCUT2D eigenvalue weighted by atomic mass is 32.3. The lowest BCUT2D eigenvalue weighted by Crippen LogP contribution is -2.57. The molecule has 1 spiro atoms. The predicted molar refractivity (Wildman–Crippen MR) is 146 cm³/mol. The second-order valence-electron chi connectivity index (χ2n) is 10.4. The zero-order chi connectivity index (χ0) is 27.2. The quantitative estimate of drug-likeness (QED) is 0.444. The Morgan fingerprint density at radius 3 is 2.44 bits per heavy atom. The van der Waals surface area contributed by atoms with Crippen LogP contribution in [-0.4, -0.2) is 113 Å². The molecule has 0 saturated carbocycles. The zero-order valence-corrected chi connectivity index (χ0v) is 22.2. The van der Waals surface area contributed by atoms with Gasteiger partial charge in [-0.05, 0) is 31.0 Å². The van der Waals surface area contributed by atoms with Crippen molar-refractivity contribution in [3.05, 3.63) is 54.4 Å². The molecule has 12 nitrogen and oxygen atoms in total. The molecule has 1 aromatic carbocycles. The van der Waals surface area contributed by atoms with Crippen molar-refractivity contribution in [1.82, 2.24) is 29.9 Å². The van der Waals surface area contributed by atoms with E-state index in [1.165, 1.54) is 6.20 Å². The number of likely N-dealkylation sites (tertiary alicyclic amines) is 1. The van der Waals surface area contributed by atoms with E-state index in [4.69, 9.17) is 0 Å². The molecule has 3 aliphatic rings. The molecule has 0 unspecified atom stereocenters. The van der Waals surface area contributed by atoms with Crippen molar-refractivity contribution < 1.29 is 23.5 Å². The van der Waals surface area contributed by atoms with E-state index in [1.54, 1.807) is 27.0 Å². The minimum atomic E-state index is -2.62. The monoisotopic (exact) mass is 553 g/mol. The van der Waals surface area contributed by atoms with E-state index in [9.17, 15) is 23.5 Å². The molecule has 39 heavy (non-hydrogen) atoms. The third-order valence-corrected chi connectivity index (χ3v) is 9.73. The first-order valence-electron chi connectivity index (χ1n) is 13.0. The Kier molecular flexibility index (Phi) is 6.44. The fraction of sp³-hybridized carbons (Fsp3) is 0.423. The molecule has 13 heteroatoms. The zero-order valence-electron chi connectivity index (χ0n) is 21.4. The fourth-order valence-electron chi connectivity index (χ4n) is 5.78. The molecular formula is C26H31N7O5S. The van der Waals surface area contributed by atoms with Crippen molar-refractivity contribution in [3.8, 4) is 0 Å². The number of fused-ring (bicyclic) bond motifs is 1. The molecule has 3 N–H and O–H groups in total. The Balaban J connectivity index is 1.19. The van der Waals surface area contributed by atoms with Crippen LogP contribution in [0, 0.1) is 0 Å². The van der Waals surface area contributed by atoms with E-state index in [-0.39, 0.29) is 55.5 Å². The van der Waals surface area contributed by atoms with Crippen LogP contribution in [0.2, 0.25) is 0 Å². The summed E-state index contributed by atoms with van der Waals surface area (Å²) >= 11 is 0. The standard InChI is InChI=1S/C26H31N7O5S/c34-22(30-10-12-39(37,38)13-11-30)17-32-18-33(21-4-2-1-3-5-21)26(25(32)36)6-8-31(9-7-26)24(35)20-14-19-16-28-29-23(19)27-15-20/h1-5,14-16,37-38H,6-13,17-18H2,(H,27,28,29).